The zero-order valence-electron chi connectivity index (χ0n) is 13.9. The van der Waals surface area contributed by atoms with Gasteiger partial charge in [0.25, 0.3) is 0 Å². The predicted octanol–water partition coefficient (Wildman–Crippen LogP) is 2.50. The summed E-state index contributed by atoms with van der Waals surface area (Å²) >= 11 is 0. The van der Waals surface area contributed by atoms with E-state index in [2.05, 4.69) is 44.1 Å². The molecule has 0 bridgehead atoms. The van der Waals surface area contributed by atoms with Crippen molar-refractivity contribution < 1.29 is 13.9 Å². The number of ether oxygens (including phenoxy) is 1. The third-order valence-electron chi connectivity index (χ3n) is 4.37. The summed E-state index contributed by atoms with van der Waals surface area (Å²) in [4.78, 5) is 16.1. The van der Waals surface area contributed by atoms with E-state index in [0.717, 1.165) is 31.9 Å². The molecule has 1 aliphatic heterocycles. The van der Waals surface area contributed by atoms with Gasteiger partial charge in [0.2, 0.25) is 0 Å². The number of carbonyl (C=O) groups excluding carboxylic acids is 1. The van der Waals surface area contributed by atoms with Crippen molar-refractivity contribution in [3.8, 4) is 0 Å². The minimum atomic E-state index is -0.422. The predicted molar refractivity (Wildman–Crippen MR) is 92.1 cm³/mol. The summed E-state index contributed by atoms with van der Waals surface area (Å²) in [6.07, 6.45) is 1.25. The van der Waals surface area contributed by atoms with Gasteiger partial charge in [-0.15, -0.1) is 0 Å². The van der Waals surface area contributed by atoms with E-state index in [1.54, 1.807) is 6.26 Å². The highest BCUT2D eigenvalue weighted by molar-refractivity contribution is 5.66. The number of carbonyl (C=O) groups is 1. The van der Waals surface area contributed by atoms with Crippen molar-refractivity contribution in [3.63, 3.8) is 0 Å². The third-order valence-corrected chi connectivity index (χ3v) is 4.37. The minimum absolute atomic E-state index is 0.0111. The maximum atomic E-state index is 11.4. The summed E-state index contributed by atoms with van der Waals surface area (Å²) in [5.74, 6) is 0.861. The molecule has 1 aliphatic rings. The Morgan fingerprint density at radius 3 is 2.54 bits per heavy atom. The summed E-state index contributed by atoms with van der Waals surface area (Å²) < 4.78 is 10.3. The molecule has 3 rings (SSSR count). The highest BCUT2D eigenvalue weighted by atomic mass is 16.5. The second-order valence-corrected chi connectivity index (χ2v) is 5.76. The van der Waals surface area contributed by atoms with Crippen LogP contribution in [0.2, 0.25) is 0 Å². The number of methoxy groups -OCH3 is 1. The number of nitrogens with zero attached hydrogens (tertiary/aromatic N) is 2. The quantitative estimate of drug-likeness (QED) is 0.913. The van der Waals surface area contributed by atoms with Gasteiger partial charge in [0.15, 0.2) is 0 Å². The van der Waals surface area contributed by atoms with Crippen molar-refractivity contribution >= 4 is 11.8 Å². The SMILES string of the molecule is COC(=O)NC[C@H](c1ccco1)N1CCN(c2ccccc2)CC1. The summed E-state index contributed by atoms with van der Waals surface area (Å²) in [5.41, 5.74) is 1.25. The molecule has 2 heterocycles. The standard InChI is InChI=1S/C18H23N3O3/c1-23-18(22)19-14-16(17-8-5-13-24-17)21-11-9-20(10-12-21)15-6-3-2-4-7-15/h2-8,13,16H,9-12,14H2,1H3,(H,19,22)/t16-/m1/s1. The molecule has 128 valence electrons. The zero-order valence-corrected chi connectivity index (χ0v) is 13.9. The third kappa shape index (κ3) is 3.89. The molecule has 1 saturated heterocycles. The highest BCUT2D eigenvalue weighted by Gasteiger charge is 2.27. The summed E-state index contributed by atoms with van der Waals surface area (Å²) in [7, 11) is 1.37. The first-order valence-electron chi connectivity index (χ1n) is 8.17. The maximum Gasteiger partial charge on any atom is 0.406 e. The molecule has 2 aromatic rings. The van der Waals surface area contributed by atoms with Gasteiger partial charge < -0.3 is 19.4 Å². The first kappa shape index (κ1) is 16.4. The lowest BCUT2D eigenvalue weighted by Crippen LogP contribution is -2.49. The fourth-order valence-corrected chi connectivity index (χ4v) is 3.07. The van der Waals surface area contributed by atoms with E-state index in [9.17, 15) is 4.79 Å². The van der Waals surface area contributed by atoms with Gasteiger partial charge in [-0.1, -0.05) is 18.2 Å². The molecular formula is C18H23N3O3. The lowest BCUT2D eigenvalue weighted by atomic mass is 10.1. The van der Waals surface area contributed by atoms with Crippen molar-refractivity contribution in [1.29, 1.82) is 0 Å². The van der Waals surface area contributed by atoms with E-state index < -0.39 is 6.09 Å². The molecule has 1 atom stereocenters. The number of furan rings is 1. The van der Waals surface area contributed by atoms with Gasteiger partial charge in [0.1, 0.15) is 5.76 Å². The van der Waals surface area contributed by atoms with Crippen molar-refractivity contribution in [2.75, 3.05) is 44.7 Å². The Balaban J connectivity index is 1.63. The number of anilines is 1. The van der Waals surface area contributed by atoms with Crippen LogP contribution in [0.15, 0.2) is 53.1 Å². The molecule has 0 radical (unpaired) electrons. The fourth-order valence-electron chi connectivity index (χ4n) is 3.07. The first-order chi connectivity index (χ1) is 11.8. The summed E-state index contributed by atoms with van der Waals surface area (Å²) in [6, 6.07) is 14.3. The number of amides is 1. The highest BCUT2D eigenvalue weighted by Crippen LogP contribution is 2.24. The van der Waals surface area contributed by atoms with Crippen molar-refractivity contribution in [3.05, 3.63) is 54.5 Å². The lowest BCUT2D eigenvalue weighted by Gasteiger charge is -2.39. The van der Waals surface area contributed by atoms with Gasteiger partial charge in [-0.3, -0.25) is 4.90 Å². The van der Waals surface area contributed by atoms with Gasteiger partial charge in [0.05, 0.1) is 19.4 Å². The Kier molecular flexibility index (Phi) is 5.38. The van der Waals surface area contributed by atoms with Crippen LogP contribution in [0.4, 0.5) is 10.5 Å². The van der Waals surface area contributed by atoms with Gasteiger partial charge in [-0.25, -0.2) is 4.79 Å². The smallest absolute Gasteiger partial charge is 0.406 e. The maximum absolute atomic E-state index is 11.4. The van der Waals surface area contributed by atoms with E-state index in [1.165, 1.54) is 12.8 Å². The number of nitrogens with one attached hydrogen (secondary N) is 1. The van der Waals surface area contributed by atoms with Crippen molar-refractivity contribution in [1.82, 2.24) is 10.2 Å². The Morgan fingerprint density at radius 1 is 1.17 bits per heavy atom. The van der Waals surface area contributed by atoms with E-state index in [-0.39, 0.29) is 6.04 Å². The molecule has 0 aliphatic carbocycles. The molecule has 0 spiro atoms. The normalized spacial score (nSPS) is 16.6. The summed E-state index contributed by atoms with van der Waals surface area (Å²) in [6.45, 7) is 4.16. The largest absolute Gasteiger partial charge is 0.468 e. The topological polar surface area (TPSA) is 58.0 Å². The number of para-hydroxylation sites is 1. The van der Waals surface area contributed by atoms with Crippen molar-refractivity contribution in [2.45, 2.75) is 6.04 Å². The fraction of sp³-hybridized carbons (Fsp3) is 0.389. The van der Waals surface area contributed by atoms with Crippen LogP contribution in [0.3, 0.4) is 0 Å². The molecule has 1 N–H and O–H groups in total. The van der Waals surface area contributed by atoms with E-state index in [4.69, 9.17) is 4.42 Å². The lowest BCUT2D eigenvalue weighted by molar-refractivity contribution is 0.145. The van der Waals surface area contributed by atoms with Crippen LogP contribution >= 0.6 is 0 Å². The Hall–Kier alpha value is -2.47. The average Bonchev–Trinajstić information content (AvgIpc) is 3.17. The number of benzene rings is 1. The molecule has 0 saturated carbocycles. The minimum Gasteiger partial charge on any atom is -0.468 e. The van der Waals surface area contributed by atoms with E-state index in [1.807, 2.05) is 18.2 Å². The number of rotatable bonds is 5. The zero-order chi connectivity index (χ0) is 16.8. The van der Waals surface area contributed by atoms with Crippen LogP contribution in [0.25, 0.3) is 0 Å². The summed E-state index contributed by atoms with van der Waals surface area (Å²) in [5, 5.41) is 2.78. The van der Waals surface area contributed by atoms with Gasteiger partial charge >= 0.3 is 6.09 Å². The van der Waals surface area contributed by atoms with Crippen LogP contribution in [-0.4, -0.2) is 50.8 Å². The monoisotopic (exact) mass is 329 g/mol. The molecule has 1 fully saturated rings. The molecule has 6 heteroatoms. The molecule has 1 aromatic carbocycles. The average molecular weight is 329 g/mol. The van der Waals surface area contributed by atoms with Crippen LogP contribution in [-0.2, 0) is 4.74 Å². The van der Waals surface area contributed by atoms with E-state index in [0.29, 0.717) is 6.54 Å². The molecule has 24 heavy (non-hydrogen) atoms. The number of hydrogen-bond donors (Lipinski definition) is 1. The molecule has 6 nitrogen and oxygen atoms in total. The number of hydrogen-bond acceptors (Lipinski definition) is 5. The van der Waals surface area contributed by atoms with Crippen LogP contribution in [0.1, 0.15) is 11.8 Å². The second kappa shape index (κ2) is 7.88. The molecule has 0 unspecified atom stereocenters. The molecular weight excluding hydrogens is 306 g/mol. The first-order valence-corrected chi connectivity index (χ1v) is 8.17. The Labute approximate surface area is 142 Å². The van der Waals surface area contributed by atoms with Gasteiger partial charge in [-0.2, -0.15) is 0 Å². The van der Waals surface area contributed by atoms with Crippen LogP contribution in [0.5, 0.6) is 0 Å². The van der Waals surface area contributed by atoms with Gasteiger partial charge in [0, 0.05) is 38.4 Å². The van der Waals surface area contributed by atoms with Crippen LogP contribution in [0, 0.1) is 0 Å². The van der Waals surface area contributed by atoms with Gasteiger partial charge in [-0.05, 0) is 24.3 Å². The molecule has 1 amide bonds. The van der Waals surface area contributed by atoms with E-state index >= 15 is 0 Å². The second-order valence-electron chi connectivity index (χ2n) is 5.76. The number of piperazine rings is 1. The van der Waals surface area contributed by atoms with Crippen molar-refractivity contribution in [2.24, 2.45) is 0 Å². The Morgan fingerprint density at radius 2 is 1.92 bits per heavy atom. The molecule has 1 aromatic heterocycles. The Bertz CT molecular complexity index is 622. The van der Waals surface area contributed by atoms with Crippen LogP contribution < -0.4 is 10.2 Å². The number of alkyl carbamates (subject to hydrolysis) is 1.